The Morgan fingerprint density at radius 1 is 1.17 bits per heavy atom. The first-order chi connectivity index (χ1) is 11.3. The molecule has 0 atom stereocenters. The average molecular weight is 395 g/mol. The zero-order valence-electron chi connectivity index (χ0n) is 13.7. The minimum atomic E-state index is -0.277. The highest BCUT2D eigenvalue weighted by Gasteiger charge is 2.13. The summed E-state index contributed by atoms with van der Waals surface area (Å²) in [5.74, 6) is -0.173. The Kier molecular flexibility index (Phi) is 6.10. The number of hydrogen-bond donors (Lipinski definition) is 2. The van der Waals surface area contributed by atoms with Crippen molar-refractivity contribution in [3.8, 4) is 0 Å². The van der Waals surface area contributed by atoms with Crippen molar-refractivity contribution in [3.05, 3.63) is 40.0 Å². The number of anilines is 2. The lowest BCUT2D eigenvalue weighted by Crippen LogP contribution is -2.36. The molecular weight excluding hydrogens is 376 g/mol. The highest BCUT2D eigenvalue weighted by atomic mass is 79.9. The van der Waals surface area contributed by atoms with Gasteiger partial charge in [-0.3, -0.25) is 19.8 Å². The van der Waals surface area contributed by atoms with E-state index in [4.69, 9.17) is 4.52 Å². The van der Waals surface area contributed by atoms with E-state index >= 15 is 0 Å². The van der Waals surface area contributed by atoms with Crippen LogP contribution in [-0.4, -0.2) is 42.0 Å². The maximum atomic E-state index is 12.1. The molecule has 0 radical (unpaired) electrons. The summed E-state index contributed by atoms with van der Waals surface area (Å²) in [6, 6.07) is 7.24. The molecule has 2 amide bonds. The number of nitrogens with one attached hydrogen (secondary N) is 2. The first-order valence-corrected chi connectivity index (χ1v) is 8.10. The van der Waals surface area contributed by atoms with E-state index in [2.05, 4.69) is 31.7 Å². The van der Waals surface area contributed by atoms with Crippen molar-refractivity contribution in [2.45, 2.75) is 13.8 Å². The van der Waals surface area contributed by atoms with Gasteiger partial charge in [0.25, 0.3) is 0 Å². The van der Waals surface area contributed by atoms with Gasteiger partial charge in [-0.15, -0.1) is 0 Å². The molecule has 0 aliphatic heterocycles. The molecule has 128 valence electrons. The van der Waals surface area contributed by atoms with Gasteiger partial charge in [0.2, 0.25) is 17.7 Å². The van der Waals surface area contributed by atoms with Crippen molar-refractivity contribution >= 4 is 39.3 Å². The highest BCUT2D eigenvalue weighted by Crippen LogP contribution is 2.19. The smallest absolute Gasteiger partial charge is 0.240 e. The summed E-state index contributed by atoms with van der Waals surface area (Å²) >= 11 is 3.38. The molecule has 2 rings (SSSR count). The molecule has 0 spiro atoms. The van der Waals surface area contributed by atoms with Crippen LogP contribution >= 0.6 is 15.9 Å². The number of benzene rings is 1. The Bertz CT molecular complexity index is 745. The molecule has 0 aliphatic rings. The minimum Gasteiger partial charge on any atom is -0.338 e. The van der Waals surface area contributed by atoms with Gasteiger partial charge in [0.1, 0.15) is 0 Å². The van der Waals surface area contributed by atoms with Crippen molar-refractivity contribution in [1.82, 2.24) is 10.1 Å². The van der Waals surface area contributed by atoms with Crippen LogP contribution in [0.2, 0.25) is 0 Å². The van der Waals surface area contributed by atoms with Crippen molar-refractivity contribution in [2.75, 3.05) is 30.8 Å². The summed E-state index contributed by atoms with van der Waals surface area (Å²) in [6.07, 6.45) is 0. The Hall–Kier alpha value is -2.19. The summed E-state index contributed by atoms with van der Waals surface area (Å²) < 4.78 is 5.87. The monoisotopic (exact) mass is 394 g/mol. The van der Waals surface area contributed by atoms with E-state index < -0.39 is 0 Å². The lowest BCUT2D eigenvalue weighted by molar-refractivity contribution is -0.119. The predicted molar refractivity (Wildman–Crippen MR) is 94.9 cm³/mol. The third kappa shape index (κ3) is 5.47. The average Bonchev–Trinajstić information content (AvgIpc) is 2.86. The summed E-state index contributed by atoms with van der Waals surface area (Å²) in [6.45, 7) is 3.83. The van der Waals surface area contributed by atoms with E-state index in [1.165, 1.54) is 0 Å². The Morgan fingerprint density at radius 2 is 1.83 bits per heavy atom. The molecule has 8 heteroatoms. The second-order valence-electron chi connectivity index (χ2n) is 5.56. The van der Waals surface area contributed by atoms with Crippen LogP contribution < -0.4 is 10.6 Å². The summed E-state index contributed by atoms with van der Waals surface area (Å²) in [5, 5.41) is 9.11. The van der Waals surface area contributed by atoms with E-state index in [0.717, 1.165) is 15.7 Å². The van der Waals surface area contributed by atoms with Gasteiger partial charge in [0.15, 0.2) is 0 Å². The third-order valence-electron chi connectivity index (χ3n) is 3.18. The van der Waals surface area contributed by atoms with Gasteiger partial charge in [0.05, 0.1) is 18.8 Å². The van der Waals surface area contributed by atoms with Gasteiger partial charge in [-0.05, 0) is 44.7 Å². The second-order valence-corrected chi connectivity index (χ2v) is 6.48. The zero-order valence-corrected chi connectivity index (χ0v) is 15.3. The van der Waals surface area contributed by atoms with Crippen molar-refractivity contribution in [2.24, 2.45) is 0 Å². The van der Waals surface area contributed by atoms with Crippen molar-refractivity contribution < 1.29 is 14.1 Å². The number of hydrogen-bond acceptors (Lipinski definition) is 5. The standard InChI is InChI=1S/C16H19BrN4O3/c1-10-6-12(17)4-5-13(10)18-14(22)8-21(3)9-15(23)19-16-7-11(2)20-24-16/h4-7H,8-9H2,1-3H3,(H,18,22)(H,19,23). The van der Waals surface area contributed by atoms with Crippen LogP contribution in [0.25, 0.3) is 0 Å². The van der Waals surface area contributed by atoms with Crippen LogP contribution in [0.3, 0.4) is 0 Å². The van der Waals surface area contributed by atoms with Gasteiger partial charge in [0, 0.05) is 16.2 Å². The first kappa shape index (κ1) is 18.2. The molecule has 0 aliphatic carbocycles. The summed E-state index contributed by atoms with van der Waals surface area (Å²) in [4.78, 5) is 25.6. The SMILES string of the molecule is Cc1cc(NC(=O)CN(C)CC(=O)Nc2ccc(Br)cc2C)on1. The van der Waals surface area contributed by atoms with E-state index in [-0.39, 0.29) is 24.9 Å². The molecule has 2 aromatic rings. The fourth-order valence-electron chi connectivity index (χ4n) is 2.10. The summed E-state index contributed by atoms with van der Waals surface area (Å²) in [5.41, 5.74) is 2.39. The number of aryl methyl sites for hydroxylation is 2. The largest absolute Gasteiger partial charge is 0.338 e. The number of rotatable bonds is 6. The van der Waals surface area contributed by atoms with Crippen LogP contribution in [0, 0.1) is 13.8 Å². The van der Waals surface area contributed by atoms with Gasteiger partial charge in [-0.25, -0.2) is 0 Å². The maximum absolute atomic E-state index is 12.1. The van der Waals surface area contributed by atoms with Crippen LogP contribution in [0.4, 0.5) is 11.6 Å². The van der Waals surface area contributed by atoms with Crippen LogP contribution in [0.15, 0.2) is 33.3 Å². The quantitative estimate of drug-likeness (QED) is 0.785. The van der Waals surface area contributed by atoms with E-state index in [0.29, 0.717) is 11.6 Å². The Balaban J connectivity index is 1.81. The highest BCUT2D eigenvalue weighted by molar-refractivity contribution is 9.10. The number of likely N-dealkylation sites (N-methyl/N-ethyl adjacent to an activating group) is 1. The van der Waals surface area contributed by atoms with Crippen LogP contribution in [-0.2, 0) is 9.59 Å². The van der Waals surface area contributed by atoms with Crippen LogP contribution in [0.1, 0.15) is 11.3 Å². The first-order valence-electron chi connectivity index (χ1n) is 7.31. The molecule has 0 bridgehead atoms. The minimum absolute atomic E-state index is 0.0620. The van der Waals surface area contributed by atoms with Crippen LogP contribution in [0.5, 0.6) is 0 Å². The molecular formula is C16H19BrN4O3. The normalized spacial score (nSPS) is 10.7. The molecule has 24 heavy (non-hydrogen) atoms. The van der Waals surface area contributed by atoms with E-state index in [1.54, 1.807) is 24.9 Å². The molecule has 0 saturated carbocycles. The molecule has 1 aromatic heterocycles. The zero-order chi connectivity index (χ0) is 17.7. The van der Waals surface area contributed by atoms with Gasteiger partial charge in [-0.1, -0.05) is 21.1 Å². The fourth-order valence-corrected chi connectivity index (χ4v) is 2.58. The number of halogens is 1. The molecule has 1 heterocycles. The molecule has 2 N–H and O–H groups in total. The van der Waals surface area contributed by atoms with Gasteiger partial charge < -0.3 is 9.84 Å². The number of aromatic nitrogens is 1. The van der Waals surface area contributed by atoms with Crippen molar-refractivity contribution in [1.29, 1.82) is 0 Å². The van der Waals surface area contributed by atoms with Gasteiger partial charge in [-0.2, -0.15) is 0 Å². The molecule has 0 saturated heterocycles. The number of carbonyl (C=O) groups is 2. The maximum Gasteiger partial charge on any atom is 0.240 e. The number of nitrogens with zero attached hydrogens (tertiary/aromatic N) is 2. The third-order valence-corrected chi connectivity index (χ3v) is 3.67. The molecule has 7 nitrogen and oxygen atoms in total. The van der Waals surface area contributed by atoms with E-state index in [9.17, 15) is 9.59 Å². The Morgan fingerprint density at radius 3 is 2.42 bits per heavy atom. The molecule has 0 fully saturated rings. The lowest BCUT2D eigenvalue weighted by Gasteiger charge is -2.16. The number of amides is 2. The predicted octanol–water partition coefficient (Wildman–Crippen LogP) is 2.56. The topological polar surface area (TPSA) is 87.5 Å². The van der Waals surface area contributed by atoms with E-state index in [1.807, 2.05) is 25.1 Å². The lowest BCUT2D eigenvalue weighted by atomic mass is 10.2. The summed E-state index contributed by atoms with van der Waals surface area (Å²) in [7, 11) is 1.69. The number of carbonyl (C=O) groups excluding carboxylic acids is 2. The second kappa shape index (κ2) is 8.07. The fraction of sp³-hybridized carbons (Fsp3) is 0.312. The van der Waals surface area contributed by atoms with Crippen molar-refractivity contribution in [3.63, 3.8) is 0 Å². The molecule has 0 unspecified atom stereocenters. The van der Waals surface area contributed by atoms with Gasteiger partial charge >= 0.3 is 0 Å². The molecule has 1 aromatic carbocycles. The Labute approximate surface area is 148 Å².